The van der Waals surface area contributed by atoms with Crippen LogP contribution in [-0.2, 0) is 21.4 Å². The molecule has 0 spiro atoms. The molecule has 2 amide bonds. The van der Waals surface area contributed by atoms with E-state index in [-0.39, 0.29) is 42.6 Å². The third-order valence-electron chi connectivity index (χ3n) is 7.40. The van der Waals surface area contributed by atoms with Gasteiger partial charge in [-0.15, -0.1) is 11.3 Å². The summed E-state index contributed by atoms with van der Waals surface area (Å²) in [6.45, 7) is 7.74. The van der Waals surface area contributed by atoms with Crippen molar-refractivity contribution in [2.45, 2.75) is 51.2 Å². The fraction of sp³-hybridized carbons (Fsp3) is 0.414. The second-order valence-electron chi connectivity index (χ2n) is 10.6. The van der Waals surface area contributed by atoms with Crippen molar-refractivity contribution in [2.75, 3.05) is 36.5 Å². The van der Waals surface area contributed by atoms with Gasteiger partial charge in [-0.2, -0.15) is 0 Å². The lowest BCUT2D eigenvalue weighted by atomic mass is 9.84. The number of aromatic nitrogens is 1. The molecule has 38 heavy (non-hydrogen) atoms. The van der Waals surface area contributed by atoms with Crippen molar-refractivity contribution in [3.8, 4) is 11.3 Å². The van der Waals surface area contributed by atoms with E-state index in [0.717, 1.165) is 54.0 Å². The van der Waals surface area contributed by atoms with Crippen LogP contribution >= 0.6 is 11.3 Å². The van der Waals surface area contributed by atoms with Crippen LogP contribution in [0.15, 0.2) is 47.8 Å². The van der Waals surface area contributed by atoms with Gasteiger partial charge < -0.3 is 25.4 Å². The number of ether oxygens (including phenoxy) is 1. The molecule has 1 saturated heterocycles. The third-order valence-corrected chi connectivity index (χ3v) is 8.16. The van der Waals surface area contributed by atoms with Crippen molar-refractivity contribution < 1.29 is 19.4 Å². The number of aliphatic hydroxyl groups excluding tert-OH is 1. The highest BCUT2D eigenvalue weighted by Crippen LogP contribution is 2.38. The number of hydrogen-bond acceptors (Lipinski definition) is 7. The Hall–Kier alpha value is -3.27. The number of aliphatic hydroxyl groups is 1. The number of hydrogen-bond donors (Lipinski definition) is 3. The molecular formula is C29H34N4O4S. The molecule has 3 N–H and O–H groups in total. The number of anilines is 2. The fourth-order valence-electron chi connectivity index (χ4n) is 5.35. The molecule has 1 aliphatic carbocycles. The molecule has 2 aliphatic rings. The Morgan fingerprint density at radius 1 is 1.18 bits per heavy atom. The van der Waals surface area contributed by atoms with Crippen LogP contribution in [0.25, 0.3) is 11.3 Å². The van der Waals surface area contributed by atoms with E-state index in [1.54, 1.807) is 6.07 Å². The van der Waals surface area contributed by atoms with Gasteiger partial charge in [0.25, 0.3) is 5.91 Å². The normalized spacial score (nSPS) is 22.7. The molecule has 200 valence electrons. The molecule has 1 aliphatic heterocycles. The quantitative estimate of drug-likeness (QED) is 0.424. The van der Waals surface area contributed by atoms with Gasteiger partial charge in [-0.25, -0.2) is 4.98 Å². The van der Waals surface area contributed by atoms with Crippen molar-refractivity contribution in [1.82, 2.24) is 10.3 Å². The number of fused-ring (bicyclic) bond motifs is 1. The first-order valence-electron chi connectivity index (χ1n) is 13.0. The van der Waals surface area contributed by atoms with E-state index in [2.05, 4.69) is 46.5 Å². The Morgan fingerprint density at radius 3 is 2.74 bits per heavy atom. The molecule has 1 fully saturated rings. The summed E-state index contributed by atoms with van der Waals surface area (Å²) in [6.07, 6.45) is 2.10. The minimum Gasteiger partial charge on any atom is -0.395 e. The summed E-state index contributed by atoms with van der Waals surface area (Å²) in [7, 11) is 0. The Kier molecular flexibility index (Phi) is 7.52. The number of amides is 2. The number of benzene rings is 2. The molecule has 3 atom stereocenters. The van der Waals surface area contributed by atoms with Gasteiger partial charge in [-0.1, -0.05) is 25.1 Å². The van der Waals surface area contributed by atoms with Crippen molar-refractivity contribution in [2.24, 2.45) is 0 Å². The molecule has 9 heteroatoms. The first-order chi connectivity index (χ1) is 18.2. The highest BCUT2D eigenvalue weighted by Gasteiger charge is 2.34. The van der Waals surface area contributed by atoms with Gasteiger partial charge in [0.2, 0.25) is 5.91 Å². The zero-order chi connectivity index (χ0) is 26.9. The molecule has 2 heterocycles. The molecule has 3 aromatic rings. The van der Waals surface area contributed by atoms with Gasteiger partial charge in [0.05, 0.1) is 31.1 Å². The first kappa shape index (κ1) is 26.3. The smallest absolute Gasteiger partial charge is 0.251 e. The van der Waals surface area contributed by atoms with Crippen LogP contribution < -0.4 is 15.5 Å². The summed E-state index contributed by atoms with van der Waals surface area (Å²) >= 11 is 1.35. The zero-order valence-electron chi connectivity index (χ0n) is 22.0. The maximum absolute atomic E-state index is 12.7. The number of aryl methyl sites for hydroxylation is 1. The Morgan fingerprint density at radius 2 is 1.97 bits per heavy atom. The van der Waals surface area contributed by atoms with E-state index in [0.29, 0.717) is 10.7 Å². The average Bonchev–Trinajstić information content (AvgIpc) is 3.51. The molecule has 1 aromatic heterocycles. The topological polar surface area (TPSA) is 104 Å². The predicted octanol–water partition coefficient (Wildman–Crippen LogP) is 3.99. The van der Waals surface area contributed by atoms with Crippen molar-refractivity contribution in [3.05, 3.63) is 64.5 Å². The third kappa shape index (κ3) is 5.60. The van der Waals surface area contributed by atoms with Crippen LogP contribution in [0.5, 0.6) is 0 Å². The summed E-state index contributed by atoms with van der Waals surface area (Å²) < 4.78 is 5.86. The summed E-state index contributed by atoms with van der Waals surface area (Å²) in [6, 6.07) is 13.8. The minimum absolute atomic E-state index is 0.0409. The van der Waals surface area contributed by atoms with E-state index in [9.17, 15) is 14.7 Å². The van der Waals surface area contributed by atoms with Gasteiger partial charge in [0, 0.05) is 40.7 Å². The monoisotopic (exact) mass is 534 g/mol. The fourth-order valence-corrected chi connectivity index (χ4v) is 6.08. The van der Waals surface area contributed by atoms with E-state index in [4.69, 9.17) is 4.74 Å². The standard InChI is InChI=1S/C29H34N4O4S/c1-18-14-33(15-19(2)37-18)23-6-4-5-21(11-23)25-16-38-28(31-25)32-26(35)13-30-27(36)22-8-7-20-9-10-29(3,17-34)24(20)12-22/h4-8,11-12,16,18-19,34H,9-10,13-15,17H2,1-3H3,(H,30,36)(H,31,32,35)/t18-,19+,29-/m0/s1. The van der Waals surface area contributed by atoms with Gasteiger partial charge in [0.15, 0.2) is 5.13 Å². The lowest BCUT2D eigenvalue weighted by Gasteiger charge is -2.37. The maximum atomic E-state index is 12.7. The number of nitrogens with one attached hydrogen (secondary N) is 2. The summed E-state index contributed by atoms with van der Waals surface area (Å²) in [5.41, 5.74) is 5.21. The van der Waals surface area contributed by atoms with Crippen molar-refractivity contribution >= 4 is 34.0 Å². The van der Waals surface area contributed by atoms with E-state index < -0.39 is 0 Å². The number of carbonyl (C=O) groups is 2. The van der Waals surface area contributed by atoms with Crippen molar-refractivity contribution in [1.29, 1.82) is 0 Å². The SMILES string of the molecule is C[C@@H]1CN(c2cccc(-c3csc(NC(=O)CNC(=O)c4ccc5c(c4)[C@](C)(CO)CC5)n3)c2)C[C@H](C)O1. The van der Waals surface area contributed by atoms with E-state index in [1.165, 1.54) is 11.3 Å². The number of rotatable bonds is 7. The molecule has 0 saturated carbocycles. The van der Waals surface area contributed by atoms with Gasteiger partial charge in [-0.3, -0.25) is 9.59 Å². The maximum Gasteiger partial charge on any atom is 0.251 e. The molecule has 2 aromatic carbocycles. The first-order valence-corrected chi connectivity index (χ1v) is 13.9. The van der Waals surface area contributed by atoms with Gasteiger partial charge >= 0.3 is 0 Å². The zero-order valence-corrected chi connectivity index (χ0v) is 22.8. The minimum atomic E-state index is -0.342. The molecular weight excluding hydrogens is 500 g/mol. The molecule has 8 nitrogen and oxygen atoms in total. The molecule has 5 rings (SSSR count). The second kappa shape index (κ2) is 10.8. The van der Waals surface area contributed by atoms with E-state index in [1.807, 2.05) is 36.6 Å². The van der Waals surface area contributed by atoms with Crippen LogP contribution in [0.4, 0.5) is 10.8 Å². The molecule has 0 unspecified atom stereocenters. The van der Waals surface area contributed by atoms with Crippen LogP contribution in [0, 0.1) is 0 Å². The van der Waals surface area contributed by atoms with Crippen LogP contribution in [0.2, 0.25) is 0 Å². The van der Waals surface area contributed by atoms with Crippen LogP contribution in [0.1, 0.15) is 48.7 Å². The average molecular weight is 535 g/mol. The number of carbonyl (C=O) groups excluding carboxylic acids is 2. The molecule has 0 radical (unpaired) electrons. The largest absolute Gasteiger partial charge is 0.395 e. The van der Waals surface area contributed by atoms with Crippen molar-refractivity contribution in [3.63, 3.8) is 0 Å². The Labute approximate surface area is 227 Å². The lowest BCUT2D eigenvalue weighted by Crippen LogP contribution is -2.45. The number of nitrogens with zero attached hydrogens (tertiary/aromatic N) is 2. The number of thiazole rings is 1. The predicted molar refractivity (Wildman–Crippen MR) is 150 cm³/mol. The molecule has 0 bridgehead atoms. The highest BCUT2D eigenvalue weighted by molar-refractivity contribution is 7.14. The highest BCUT2D eigenvalue weighted by atomic mass is 32.1. The van der Waals surface area contributed by atoms with Crippen LogP contribution in [0.3, 0.4) is 0 Å². The Balaban J connectivity index is 1.18. The Bertz CT molecular complexity index is 1330. The summed E-state index contributed by atoms with van der Waals surface area (Å²) in [5.74, 6) is -0.663. The van der Waals surface area contributed by atoms with Gasteiger partial charge in [-0.05, 0) is 62.1 Å². The second-order valence-corrected chi connectivity index (χ2v) is 11.4. The lowest BCUT2D eigenvalue weighted by molar-refractivity contribution is -0.115. The van der Waals surface area contributed by atoms with Gasteiger partial charge in [0.1, 0.15) is 0 Å². The summed E-state index contributed by atoms with van der Waals surface area (Å²) in [4.78, 5) is 32.2. The number of morpholine rings is 1. The van der Waals surface area contributed by atoms with Crippen LogP contribution in [-0.4, -0.2) is 60.4 Å². The van der Waals surface area contributed by atoms with E-state index >= 15 is 0 Å². The summed E-state index contributed by atoms with van der Waals surface area (Å²) in [5, 5.41) is 17.7.